The molecule has 2 aliphatic heterocycles. The number of fused-ring (bicyclic) bond motifs is 25. The lowest BCUT2D eigenvalue weighted by Crippen LogP contribution is -2.60. The van der Waals surface area contributed by atoms with Crippen molar-refractivity contribution in [3.63, 3.8) is 0 Å². The van der Waals surface area contributed by atoms with Crippen LogP contribution < -0.4 is 25.5 Å². The third-order valence-corrected chi connectivity index (χ3v) is 20.2. The summed E-state index contributed by atoms with van der Waals surface area (Å²) in [5.74, 6) is 0.377. The van der Waals surface area contributed by atoms with Crippen LogP contribution in [0.15, 0.2) is 218 Å². The normalized spacial score (nSPS) is 15.3. The van der Waals surface area contributed by atoms with Crippen molar-refractivity contribution in [1.82, 2.24) is 0 Å². The van der Waals surface area contributed by atoms with Gasteiger partial charge in [0.2, 0.25) is 0 Å². The average molecular weight is 1020 g/mol. The minimum Gasteiger partial charge on any atom is -0.311 e. The molecule has 0 bridgehead atoms. The van der Waals surface area contributed by atoms with Gasteiger partial charge in [-0.15, -0.1) is 11.3 Å². The van der Waals surface area contributed by atoms with Crippen molar-refractivity contribution in [2.24, 2.45) is 0 Å². The molecule has 0 atom stereocenters. The smallest absolute Gasteiger partial charge is 0.264 e. The molecule has 3 heterocycles. The fraction of sp³-hybridized carbons (Fsp3) is 0.135. The third kappa shape index (κ3) is 5.39. The van der Waals surface area contributed by atoms with Gasteiger partial charge in [0.1, 0.15) is 0 Å². The summed E-state index contributed by atoms with van der Waals surface area (Å²) in [6.45, 7) is 13.9. The van der Waals surface area contributed by atoms with Crippen LogP contribution in [0.5, 0.6) is 0 Å². The van der Waals surface area contributed by atoms with Gasteiger partial charge in [0, 0.05) is 43.7 Å². The molecule has 0 N–H and O–H groups in total. The van der Waals surface area contributed by atoms with E-state index in [1.807, 2.05) is 0 Å². The van der Waals surface area contributed by atoms with Gasteiger partial charge in [0.05, 0.1) is 16.5 Å². The summed E-state index contributed by atoms with van der Waals surface area (Å²) in [6.07, 6.45) is 0. The van der Waals surface area contributed by atoms with Gasteiger partial charge >= 0.3 is 0 Å². The maximum absolute atomic E-state index is 2.71. The molecule has 4 aliphatic carbocycles. The SMILES string of the molecule is Cc1cc2c3c(c1)N(c1ccccc1)c1c(sc4c1-c1ccc(C(C)C)cc1C41c4ccccc4-c4ccccc41)B3c1cc3c(cc1N2c1ccc(C(C)(C)C)cc1)-c1ccccc1C31c2ccccc2-c2ccccc21. The number of nitrogens with zero attached hydrogens (tertiary/aromatic N) is 2. The quantitative estimate of drug-likeness (QED) is 0.163. The molecule has 11 aromatic rings. The monoisotopic (exact) mass is 1010 g/mol. The van der Waals surface area contributed by atoms with E-state index >= 15 is 0 Å². The second-order valence-electron chi connectivity index (χ2n) is 24.1. The van der Waals surface area contributed by atoms with Gasteiger partial charge in [-0.3, -0.25) is 0 Å². The number of hydrogen-bond donors (Lipinski definition) is 0. The Morgan fingerprint density at radius 3 is 1.47 bits per heavy atom. The van der Waals surface area contributed by atoms with Crippen molar-refractivity contribution < 1.29 is 0 Å². The Morgan fingerprint density at radius 2 is 0.923 bits per heavy atom. The molecular formula is C74H55BN2S. The van der Waals surface area contributed by atoms with Gasteiger partial charge in [-0.05, 0) is 166 Å². The molecule has 0 amide bonds. The van der Waals surface area contributed by atoms with Crippen LogP contribution in [-0.4, -0.2) is 6.71 Å². The van der Waals surface area contributed by atoms with Crippen LogP contribution in [0.2, 0.25) is 0 Å². The zero-order valence-electron chi connectivity index (χ0n) is 44.7. The standard InChI is InChI=1S/C74H55BN2S/c1-43(2)45-32-37-54-61(40-45)74(59-30-18-12-24-51(59)52-25-13-19-31-60(52)74)70-67(54)69-71(78-70)75-63-42-62-55(53-26-14-17-29-58(53)73(62)56-27-15-10-22-49(56)50-23-11-16-28-57(50)73)41-64(63)76(48-35-33-46(34-36-48)72(4,5)6)65-38-44(3)39-66(68(65)75)77(69)47-20-8-7-9-21-47/h7-43H,1-6H3. The average Bonchev–Trinajstić information content (AvgIpc) is 2.10. The Labute approximate surface area is 462 Å². The number of benzene rings is 10. The summed E-state index contributed by atoms with van der Waals surface area (Å²) >= 11 is 2.09. The van der Waals surface area contributed by atoms with Crippen LogP contribution in [0.4, 0.5) is 34.1 Å². The first kappa shape index (κ1) is 44.7. The number of hydrogen-bond acceptors (Lipinski definition) is 3. The maximum Gasteiger partial charge on any atom is 0.264 e. The van der Waals surface area contributed by atoms with Crippen LogP contribution in [-0.2, 0) is 16.2 Å². The Morgan fingerprint density at radius 1 is 0.436 bits per heavy atom. The van der Waals surface area contributed by atoms with Gasteiger partial charge in [0.25, 0.3) is 6.71 Å². The van der Waals surface area contributed by atoms with Gasteiger partial charge in [-0.1, -0.05) is 211 Å². The Hall–Kier alpha value is -8.44. The van der Waals surface area contributed by atoms with E-state index in [1.54, 1.807) is 0 Å². The van der Waals surface area contributed by atoms with Crippen LogP contribution in [0, 0.1) is 6.92 Å². The molecule has 1 aromatic heterocycles. The Balaban J connectivity index is 1.03. The lowest BCUT2D eigenvalue weighted by Gasteiger charge is -2.44. The highest BCUT2D eigenvalue weighted by molar-refractivity contribution is 7.30. The Bertz CT molecular complexity index is 4350. The lowest BCUT2D eigenvalue weighted by atomic mass is 9.35. The fourth-order valence-electron chi connectivity index (χ4n) is 15.6. The molecule has 2 spiro atoms. The number of anilines is 6. The van der Waals surface area contributed by atoms with Gasteiger partial charge < -0.3 is 9.80 Å². The highest BCUT2D eigenvalue weighted by Crippen LogP contribution is 2.68. The molecule has 2 nitrogen and oxygen atoms in total. The number of rotatable bonds is 3. The number of aryl methyl sites for hydroxylation is 1. The third-order valence-electron chi connectivity index (χ3n) is 18.8. The molecule has 17 rings (SSSR count). The zero-order chi connectivity index (χ0) is 52.1. The molecular weight excluding hydrogens is 960 g/mol. The molecule has 0 saturated carbocycles. The minimum atomic E-state index is -0.503. The number of thiophene rings is 1. The highest BCUT2D eigenvalue weighted by atomic mass is 32.1. The van der Waals surface area contributed by atoms with E-state index < -0.39 is 10.8 Å². The van der Waals surface area contributed by atoms with Crippen LogP contribution in [0.1, 0.15) is 101 Å². The predicted molar refractivity (Wildman–Crippen MR) is 328 cm³/mol. The van der Waals surface area contributed by atoms with Crippen molar-refractivity contribution in [2.45, 2.75) is 63.7 Å². The summed E-state index contributed by atoms with van der Waals surface area (Å²) in [5, 5.41) is 0. The molecule has 6 aliphatic rings. The second kappa shape index (κ2) is 15.4. The summed E-state index contributed by atoms with van der Waals surface area (Å²) in [7, 11) is 0. The fourth-order valence-corrected chi connectivity index (χ4v) is 17.3. The highest BCUT2D eigenvalue weighted by Gasteiger charge is 2.58. The Kier molecular flexibility index (Phi) is 8.82. The molecule has 0 radical (unpaired) electrons. The van der Waals surface area contributed by atoms with Crippen molar-refractivity contribution in [1.29, 1.82) is 0 Å². The molecule has 0 fully saturated rings. The number of para-hydroxylation sites is 1. The molecule has 370 valence electrons. The first-order valence-corrected chi connectivity index (χ1v) is 28.8. The van der Waals surface area contributed by atoms with E-state index in [0.29, 0.717) is 5.92 Å². The molecule has 4 heteroatoms. The van der Waals surface area contributed by atoms with Crippen molar-refractivity contribution in [3.8, 4) is 44.5 Å². The van der Waals surface area contributed by atoms with Gasteiger partial charge in [-0.25, -0.2) is 0 Å². The first-order valence-electron chi connectivity index (χ1n) is 28.0. The molecule has 78 heavy (non-hydrogen) atoms. The van der Waals surface area contributed by atoms with Crippen molar-refractivity contribution in [3.05, 3.63) is 279 Å². The summed E-state index contributed by atoms with van der Waals surface area (Å²) < 4.78 is 1.40. The second-order valence-corrected chi connectivity index (χ2v) is 25.2. The van der Waals surface area contributed by atoms with Crippen LogP contribution in [0.25, 0.3) is 44.5 Å². The van der Waals surface area contributed by atoms with E-state index in [2.05, 4.69) is 281 Å². The van der Waals surface area contributed by atoms with E-state index in [-0.39, 0.29) is 12.1 Å². The lowest BCUT2D eigenvalue weighted by molar-refractivity contribution is 0.590. The molecule has 0 unspecified atom stereocenters. The van der Waals surface area contributed by atoms with Crippen molar-refractivity contribution in [2.75, 3.05) is 9.80 Å². The topological polar surface area (TPSA) is 6.48 Å². The summed E-state index contributed by atoms with van der Waals surface area (Å²) in [4.78, 5) is 6.75. The molecule has 0 saturated heterocycles. The van der Waals surface area contributed by atoms with E-state index in [0.717, 1.165) is 0 Å². The first-order chi connectivity index (χ1) is 38.1. The van der Waals surface area contributed by atoms with E-state index in [1.165, 1.54) is 155 Å². The van der Waals surface area contributed by atoms with Crippen LogP contribution in [0.3, 0.4) is 0 Å². The maximum atomic E-state index is 2.71. The molecule has 10 aromatic carbocycles. The summed E-state index contributed by atoms with van der Waals surface area (Å²) in [6, 6.07) is 85.1. The predicted octanol–water partition coefficient (Wildman–Crippen LogP) is 17.2. The zero-order valence-corrected chi connectivity index (χ0v) is 45.6. The van der Waals surface area contributed by atoms with Crippen molar-refractivity contribution >= 4 is 67.9 Å². The van der Waals surface area contributed by atoms with E-state index in [4.69, 9.17) is 0 Å². The minimum absolute atomic E-state index is 0.0114. The largest absolute Gasteiger partial charge is 0.311 e. The van der Waals surface area contributed by atoms with Crippen LogP contribution >= 0.6 is 11.3 Å². The summed E-state index contributed by atoms with van der Waals surface area (Å²) in [5.41, 5.74) is 33.4. The van der Waals surface area contributed by atoms with Gasteiger partial charge in [-0.2, -0.15) is 0 Å². The van der Waals surface area contributed by atoms with E-state index in [9.17, 15) is 0 Å². The van der Waals surface area contributed by atoms with Gasteiger partial charge in [0.15, 0.2) is 0 Å².